The van der Waals surface area contributed by atoms with Crippen LogP contribution >= 0.6 is 0 Å². The summed E-state index contributed by atoms with van der Waals surface area (Å²) in [5, 5.41) is 7.06. The van der Waals surface area contributed by atoms with E-state index < -0.39 is 0 Å². The number of nitrogen functional groups attached to an aromatic ring is 1. The van der Waals surface area contributed by atoms with Crippen molar-refractivity contribution in [3.05, 3.63) is 12.4 Å². The van der Waals surface area contributed by atoms with Gasteiger partial charge in [0.2, 0.25) is 0 Å². The number of amides is 1. The lowest BCUT2D eigenvalue weighted by atomic mass is 9.93. The summed E-state index contributed by atoms with van der Waals surface area (Å²) < 4.78 is 7.37. The molecule has 0 bridgehead atoms. The molecule has 1 aliphatic rings. The number of anilines is 1. The molecule has 0 aromatic carbocycles. The third-order valence-electron chi connectivity index (χ3n) is 3.39. The van der Waals surface area contributed by atoms with Crippen molar-refractivity contribution in [3.63, 3.8) is 0 Å². The fourth-order valence-corrected chi connectivity index (χ4v) is 2.47. The molecule has 1 aromatic heterocycles. The van der Waals surface area contributed by atoms with Crippen LogP contribution in [-0.4, -0.2) is 27.5 Å². The van der Waals surface area contributed by atoms with Crippen molar-refractivity contribution in [3.8, 4) is 0 Å². The van der Waals surface area contributed by atoms with Gasteiger partial charge in [-0.05, 0) is 46.5 Å². The molecule has 0 radical (unpaired) electrons. The Bertz CT molecular complexity index is 456. The van der Waals surface area contributed by atoms with E-state index in [0.29, 0.717) is 11.7 Å². The molecule has 1 saturated carbocycles. The van der Waals surface area contributed by atoms with Crippen LogP contribution in [0.15, 0.2) is 12.4 Å². The number of nitrogens with one attached hydrogen (secondary N) is 1. The Balaban J connectivity index is 1.78. The summed E-state index contributed by atoms with van der Waals surface area (Å²) in [6, 6.07) is 0.359. The second-order valence-electron chi connectivity index (χ2n) is 6.46. The van der Waals surface area contributed by atoms with Gasteiger partial charge in [-0.3, -0.25) is 4.68 Å². The number of hydrogen-bond donors (Lipinski definition) is 2. The lowest BCUT2D eigenvalue weighted by Gasteiger charge is -2.29. The molecule has 1 amide bonds. The van der Waals surface area contributed by atoms with Gasteiger partial charge in [-0.25, -0.2) is 4.79 Å². The molecule has 1 heterocycles. The van der Waals surface area contributed by atoms with Crippen LogP contribution in [0.5, 0.6) is 0 Å². The zero-order chi connectivity index (χ0) is 14.8. The number of rotatable bonds is 2. The molecule has 1 aliphatic carbocycles. The highest BCUT2D eigenvalue weighted by Gasteiger charge is 2.26. The van der Waals surface area contributed by atoms with Gasteiger partial charge in [0.25, 0.3) is 0 Å². The summed E-state index contributed by atoms with van der Waals surface area (Å²) in [6.45, 7) is 5.81. The quantitative estimate of drug-likeness (QED) is 0.872. The number of alkyl carbamates (subject to hydrolysis) is 1. The maximum Gasteiger partial charge on any atom is 0.407 e. The van der Waals surface area contributed by atoms with Gasteiger partial charge in [-0.15, -0.1) is 0 Å². The molecule has 112 valence electrons. The molecule has 1 fully saturated rings. The number of carbonyl (C=O) groups excluding carboxylic acids is 1. The van der Waals surface area contributed by atoms with Gasteiger partial charge in [0.15, 0.2) is 0 Å². The Morgan fingerprint density at radius 3 is 2.55 bits per heavy atom. The molecule has 0 atom stereocenters. The zero-order valence-electron chi connectivity index (χ0n) is 12.4. The van der Waals surface area contributed by atoms with Crippen LogP contribution in [0.25, 0.3) is 0 Å². The van der Waals surface area contributed by atoms with Gasteiger partial charge in [0, 0.05) is 11.7 Å². The van der Waals surface area contributed by atoms with Gasteiger partial charge in [0.1, 0.15) is 6.10 Å². The van der Waals surface area contributed by atoms with Crippen molar-refractivity contribution >= 4 is 11.8 Å². The lowest BCUT2D eigenvalue weighted by Crippen LogP contribution is -2.42. The monoisotopic (exact) mass is 280 g/mol. The minimum atomic E-state index is -0.329. The molecule has 6 nitrogen and oxygen atoms in total. The van der Waals surface area contributed by atoms with Gasteiger partial charge in [0.05, 0.1) is 17.9 Å². The molecule has 3 N–H and O–H groups in total. The van der Waals surface area contributed by atoms with Gasteiger partial charge in [-0.2, -0.15) is 5.10 Å². The molecule has 1 aromatic rings. The molecule has 6 heteroatoms. The fraction of sp³-hybridized carbons (Fsp3) is 0.714. The molecule has 20 heavy (non-hydrogen) atoms. The maximum absolute atomic E-state index is 11.7. The topological polar surface area (TPSA) is 82.2 Å². The summed E-state index contributed by atoms with van der Waals surface area (Å²) >= 11 is 0. The van der Waals surface area contributed by atoms with E-state index in [2.05, 4.69) is 10.4 Å². The highest BCUT2D eigenvalue weighted by Crippen LogP contribution is 2.30. The van der Waals surface area contributed by atoms with E-state index in [1.54, 1.807) is 6.20 Å². The first-order valence-corrected chi connectivity index (χ1v) is 7.12. The smallest absolute Gasteiger partial charge is 0.407 e. The van der Waals surface area contributed by atoms with E-state index in [4.69, 9.17) is 10.5 Å². The highest BCUT2D eigenvalue weighted by molar-refractivity contribution is 5.68. The third kappa shape index (κ3) is 4.15. The lowest BCUT2D eigenvalue weighted by molar-refractivity contribution is 0.0598. The molecular formula is C14H24N4O2. The predicted octanol–water partition coefficient (Wildman–Crippen LogP) is 2.47. The molecule has 2 rings (SSSR count). The van der Waals surface area contributed by atoms with E-state index in [0.717, 1.165) is 25.7 Å². The predicted molar refractivity (Wildman–Crippen MR) is 77.3 cm³/mol. The van der Waals surface area contributed by atoms with Crippen LogP contribution in [0.2, 0.25) is 0 Å². The summed E-state index contributed by atoms with van der Waals surface area (Å²) in [6.07, 6.45) is 6.83. The molecule has 0 spiro atoms. The Hall–Kier alpha value is -1.72. The molecule has 0 aliphatic heterocycles. The summed E-state index contributed by atoms with van der Waals surface area (Å²) in [7, 11) is 0. The van der Waals surface area contributed by atoms with Crippen LogP contribution < -0.4 is 11.1 Å². The van der Waals surface area contributed by atoms with Crippen molar-refractivity contribution in [2.24, 2.45) is 0 Å². The average molecular weight is 280 g/mol. The SMILES string of the molecule is CC(C)(C)NC(=O)OC1CCC(n2cc(N)cn2)CC1. The summed E-state index contributed by atoms with van der Waals surface area (Å²) in [5.41, 5.74) is 6.10. The van der Waals surface area contributed by atoms with Crippen molar-refractivity contribution in [2.45, 2.75) is 64.1 Å². The van der Waals surface area contributed by atoms with Crippen LogP contribution in [0.3, 0.4) is 0 Å². The Labute approximate surface area is 119 Å². The number of carbonyl (C=O) groups is 1. The molecule has 0 saturated heterocycles. The molecular weight excluding hydrogens is 256 g/mol. The normalized spacial score (nSPS) is 23.4. The Kier molecular flexibility index (Phi) is 4.20. The van der Waals surface area contributed by atoms with Crippen LogP contribution in [0.1, 0.15) is 52.5 Å². The average Bonchev–Trinajstić information content (AvgIpc) is 2.74. The zero-order valence-corrected chi connectivity index (χ0v) is 12.4. The third-order valence-corrected chi connectivity index (χ3v) is 3.39. The minimum Gasteiger partial charge on any atom is -0.446 e. The van der Waals surface area contributed by atoms with Crippen molar-refractivity contribution in [1.82, 2.24) is 15.1 Å². The number of ether oxygens (including phenoxy) is 1. The largest absolute Gasteiger partial charge is 0.446 e. The first-order valence-electron chi connectivity index (χ1n) is 7.12. The fourth-order valence-electron chi connectivity index (χ4n) is 2.47. The Morgan fingerprint density at radius 1 is 1.40 bits per heavy atom. The Morgan fingerprint density at radius 2 is 2.05 bits per heavy atom. The van der Waals surface area contributed by atoms with Crippen LogP contribution in [0.4, 0.5) is 10.5 Å². The van der Waals surface area contributed by atoms with E-state index in [9.17, 15) is 4.79 Å². The molecule has 0 unspecified atom stereocenters. The number of nitrogens with zero attached hydrogens (tertiary/aromatic N) is 2. The summed E-state index contributed by atoms with van der Waals surface area (Å²) in [4.78, 5) is 11.7. The van der Waals surface area contributed by atoms with E-state index in [1.807, 2.05) is 31.6 Å². The van der Waals surface area contributed by atoms with E-state index >= 15 is 0 Å². The van der Waals surface area contributed by atoms with Crippen molar-refractivity contribution in [1.29, 1.82) is 0 Å². The van der Waals surface area contributed by atoms with E-state index in [-0.39, 0.29) is 17.7 Å². The number of aromatic nitrogens is 2. The van der Waals surface area contributed by atoms with Crippen LogP contribution in [-0.2, 0) is 4.74 Å². The first-order chi connectivity index (χ1) is 9.33. The van der Waals surface area contributed by atoms with Gasteiger partial charge >= 0.3 is 6.09 Å². The maximum atomic E-state index is 11.7. The summed E-state index contributed by atoms with van der Waals surface area (Å²) in [5.74, 6) is 0. The second kappa shape index (κ2) is 5.73. The standard InChI is InChI=1S/C14H24N4O2/c1-14(2,3)17-13(19)20-12-6-4-11(5-7-12)18-9-10(15)8-16-18/h8-9,11-12H,4-7,15H2,1-3H3,(H,17,19). The van der Waals surface area contributed by atoms with E-state index in [1.165, 1.54) is 0 Å². The van der Waals surface area contributed by atoms with Crippen molar-refractivity contribution < 1.29 is 9.53 Å². The van der Waals surface area contributed by atoms with Crippen molar-refractivity contribution in [2.75, 3.05) is 5.73 Å². The second-order valence-corrected chi connectivity index (χ2v) is 6.46. The number of nitrogens with two attached hydrogens (primary N) is 1. The highest BCUT2D eigenvalue weighted by atomic mass is 16.6. The first kappa shape index (κ1) is 14.7. The number of hydrogen-bond acceptors (Lipinski definition) is 4. The van der Waals surface area contributed by atoms with Crippen LogP contribution in [0, 0.1) is 0 Å². The minimum absolute atomic E-state index is 0.00140. The van der Waals surface area contributed by atoms with Gasteiger partial charge in [-0.1, -0.05) is 0 Å². The van der Waals surface area contributed by atoms with Gasteiger partial charge < -0.3 is 15.8 Å².